The first-order chi connectivity index (χ1) is 19.8. The molecule has 1 aliphatic heterocycles. The number of carboxylic acid groups (broad SMARTS) is 1. The van der Waals surface area contributed by atoms with Gasteiger partial charge in [-0.1, -0.05) is 19.9 Å². The number of aliphatic carboxylic acids is 1. The van der Waals surface area contributed by atoms with Gasteiger partial charge in [0.05, 0.1) is 14.2 Å². The standard InChI is InChI=1S/C31H46N4O6/c1-22(2)18-29(36)34-28(31(37)38)12-15-35(16-17-41-27-20-25(39-3)19-26(21-27)40-4)14-6-5-9-24-11-10-23-8-7-13-32-30(23)33-24/h10-11,19-22,28H,5-9,12-18H2,1-4H3,(H,32,33)(H,34,36)(H,37,38). The molecule has 41 heavy (non-hydrogen) atoms. The number of anilines is 1. The Balaban J connectivity index is 1.56. The lowest BCUT2D eigenvalue weighted by Crippen LogP contribution is -2.44. The van der Waals surface area contributed by atoms with Crippen LogP contribution in [0, 0.1) is 5.92 Å². The van der Waals surface area contributed by atoms with E-state index in [-0.39, 0.29) is 11.8 Å². The van der Waals surface area contributed by atoms with Crippen LogP contribution < -0.4 is 24.8 Å². The minimum Gasteiger partial charge on any atom is -0.496 e. The maximum absolute atomic E-state index is 12.2. The third-order valence-electron chi connectivity index (χ3n) is 7.07. The molecule has 0 saturated heterocycles. The molecule has 0 spiro atoms. The molecule has 1 amide bonds. The van der Waals surface area contributed by atoms with Crippen molar-refractivity contribution in [1.82, 2.24) is 15.2 Å². The van der Waals surface area contributed by atoms with E-state index >= 15 is 0 Å². The van der Waals surface area contributed by atoms with Gasteiger partial charge < -0.3 is 30.0 Å². The summed E-state index contributed by atoms with van der Waals surface area (Å²) in [5.41, 5.74) is 2.37. The second kappa shape index (κ2) is 16.7. The van der Waals surface area contributed by atoms with E-state index in [1.165, 1.54) is 5.56 Å². The van der Waals surface area contributed by atoms with Gasteiger partial charge in [-0.05, 0) is 62.6 Å². The number of carbonyl (C=O) groups is 2. The molecule has 0 fully saturated rings. The number of rotatable bonds is 18. The molecule has 1 aromatic carbocycles. The highest BCUT2D eigenvalue weighted by molar-refractivity contribution is 5.83. The Morgan fingerprint density at radius 2 is 1.78 bits per heavy atom. The van der Waals surface area contributed by atoms with Crippen LogP contribution in [-0.4, -0.2) is 79.9 Å². The minimum atomic E-state index is -1.02. The normalized spacial score (nSPS) is 13.3. The number of pyridine rings is 1. The summed E-state index contributed by atoms with van der Waals surface area (Å²) in [7, 11) is 3.19. The number of ether oxygens (including phenoxy) is 3. The van der Waals surface area contributed by atoms with Crippen molar-refractivity contribution in [3.63, 3.8) is 0 Å². The molecule has 3 rings (SSSR count). The molecule has 226 valence electrons. The number of carboxylic acids is 1. The fourth-order valence-electron chi connectivity index (χ4n) is 4.84. The van der Waals surface area contributed by atoms with E-state index in [0.717, 1.165) is 56.7 Å². The number of benzene rings is 1. The third kappa shape index (κ3) is 11.1. The number of aromatic nitrogens is 1. The molecule has 2 aromatic rings. The van der Waals surface area contributed by atoms with Crippen molar-refractivity contribution in [2.24, 2.45) is 5.92 Å². The first kappa shape index (κ1) is 32.0. The number of aryl methyl sites for hydroxylation is 2. The number of nitrogens with zero attached hydrogens (tertiary/aromatic N) is 2. The van der Waals surface area contributed by atoms with E-state index in [2.05, 4.69) is 27.7 Å². The van der Waals surface area contributed by atoms with Crippen LogP contribution in [0.4, 0.5) is 5.82 Å². The second-order valence-corrected chi connectivity index (χ2v) is 10.9. The van der Waals surface area contributed by atoms with E-state index < -0.39 is 12.0 Å². The number of amides is 1. The van der Waals surface area contributed by atoms with Gasteiger partial charge in [-0.25, -0.2) is 9.78 Å². The fraction of sp³-hybridized carbons (Fsp3) is 0.581. The van der Waals surface area contributed by atoms with Crippen molar-refractivity contribution in [3.8, 4) is 17.2 Å². The van der Waals surface area contributed by atoms with E-state index in [1.54, 1.807) is 32.4 Å². The SMILES string of the molecule is COc1cc(OC)cc(OCCN(CCCCc2ccc3c(n2)NCCC3)CCC(NC(=O)CC(C)C)C(=O)O)c1. The lowest BCUT2D eigenvalue weighted by atomic mass is 10.1. The number of hydrogen-bond donors (Lipinski definition) is 3. The zero-order valence-electron chi connectivity index (χ0n) is 24.9. The summed E-state index contributed by atoms with van der Waals surface area (Å²) < 4.78 is 16.7. The molecule has 1 unspecified atom stereocenters. The zero-order chi connectivity index (χ0) is 29.6. The summed E-state index contributed by atoms with van der Waals surface area (Å²) in [6, 6.07) is 8.76. The summed E-state index contributed by atoms with van der Waals surface area (Å²) >= 11 is 0. The number of hydrogen-bond acceptors (Lipinski definition) is 8. The highest BCUT2D eigenvalue weighted by Gasteiger charge is 2.21. The second-order valence-electron chi connectivity index (χ2n) is 10.9. The van der Waals surface area contributed by atoms with Crippen molar-refractivity contribution in [1.29, 1.82) is 0 Å². The summed E-state index contributed by atoms with van der Waals surface area (Å²) in [4.78, 5) is 31.1. The van der Waals surface area contributed by atoms with Crippen LogP contribution in [0.15, 0.2) is 30.3 Å². The number of methoxy groups -OCH3 is 2. The van der Waals surface area contributed by atoms with Gasteiger partial charge in [0.2, 0.25) is 5.91 Å². The Morgan fingerprint density at radius 3 is 2.46 bits per heavy atom. The van der Waals surface area contributed by atoms with Gasteiger partial charge in [0.1, 0.15) is 35.7 Å². The Bertz CT molecular complexity index is 1100. The Morgan fingerprint density at radius 1 is 1.05 bits per heavy atom. The van der Waals surface area contributed by atoms with Crippen LogP contribution in [0.3, 0.4) is 0 Å². The van der Waals surface area contributed by atoms with E-state index in [0.29, 0.717) is 49.8 Å². The third-order valence-corrected chi connectivity index (χ3v) is 7.07. The first-order valence-corrected chi connectivity index (χ1v) is 14.6. The Kier molecular flexibility index (Phi) is 13.0. The van der Waals surface area contributed by atoms with Gasteiger partial charge in [-0.3, -0.25) is 9.69 Å². The van der Waals surface area contributed by atoms with Gasteiger partial charge in [-0.15, -0.1) is 0 Å². The summed E-state index contributed by atoms with van der Waals surface area (Å²) in [5, 5.41) is 15.8. The molecule has 2 heterocycles. The predicted octanol–water partition coefficient (Wildman–Crippen LogP) is 4.17. The average molecular weight is 571 g/mol. The molecule has 10 nitrogen and oxygen atoms in total. The van der Waals surface area contributed by atoms with Crippen LogP contribution in [0.1, 0.15) is 57.2 Å². The predicted molar refractivity (Wildman–Crippen MR) is 159 cm³/mol. The van der Waals surface area contributed by atoms with Gasteiger partial charge >= 0.3 is 5.97 Å². The Hall–Kier alpha value is -3.53. The number of unbranched alkanes of at least 4 members (excludes halogenated alkanes) is 1. The van der Waals surface area contributed by atoms with Crippen LogP contribution in [-0.2, 0) is 22.4 Å². The molecule has 0 aliphatic carbocycles. The van der Waals surface area contributed by atoms with E-state index in [9.17, 15) is 14.7 Å². The van der Waals surface area contributed by atoms with E-state index in [1.807, 2.05) is 13.8 Å². The quantitative estimate of drug-likeness (QED) is 0.227. The lowest BCUT2D eigenvalue weighted by Gasteiger charge is -2.25. The highest BCUT2D eigenvalue weighted by Crippen LogP contribution is 2.27. The first-order valence-electron chi connectivity index (χ1n) is 14.6. The van der Waals surface area contributed by atoms with Gasteiger partial charge in [0, 0.05) is 49.9 Å². The molecule has 0 bridgehead atoms. The largest absolute Gasteiger partial charge is 0.496 e. The molecule has 1 aliphatic rings. The van der Waals surface area contributed by atoms with Crippen LogP contribution in [0.2, 0.25) is 0 Å². The van der Waals surface area contributed by atoms with Crippen molar-refractivity contribution in [3.05, 3.63) is 41.6 Å². The summed E-state index contributed by atoms with van der Waals surface area (Å²) in [6.45, 7) is 7.15. The smallest absolute Gasteiger partial charge is 0.326 e. The highest BCUT2D eigenvalue weighted by atomic mass is 16.5. The number of nitrogens with one attached hydrogen (secondary N) is 2. The van der Waals surface area contributed by atoms with Crippen molar-refractivity contribution in [2.75, 3.05) is 52.3 Å². The summed E-state index contributed by atoms with van der Waals surface area (Å²) in [6.07, 6.45) is 5.60. The van der Waals surface area contributed by atoms with Crippen LogP contribution in [0.25, 0.3) is 0 Å². The van der Waals surface area contributed by atoms with Gasteiger partial charge in [0.25, 0.3) is 0 Å². The molecule has 3 N–H and O–H groups in total. The minimum absolute atomic E-state index is 0.161. The number of fused-ring (bicyclic) bond motifs is 1. The maximum atomic E-state index is 12.2. The fourth-order valence-corrected chi connectivity index (χ4v) is 4.84. The molecular formula is C31H46N4O6. The van der Waals surface area contributed by atoms with E-state index in [4.69, 9.17) is 19.2 Å². The zero-order valence-corrected chi connectivity index (χ0v) is 24.9. The Labute approximate surface area is 243 Å². The van der Waals surface area contributed by atoms with Crippen LogP contribution in [0.5, 0.6) is 17.2 Å². The molecule has 1 atom stereocenters. The lowest BCUT2D eigenvalue weighted by molar-refractivity contribution is -0.142. The van der Waals surface area contributed by atoms with Crippen LogP contribution >= 0.6 is 0 Å². The van der Waals surface area contributed by atoms with Gasteiger partial charge in [0.15, 0.2) is 0 Å². The molecular weight excluding hydrogens is 524 g/mol. The van der Waals surface area contributed by atoms with Crippen molar-refractivity contribution in [2.45, 2.75) is 64.8 Å². The molecule has 0 radical (unpaired) electrons. The summed E-state index contributed by atoms with van der Waals surface area (Å²) in [5.74, 6) is 1.84. The number of carbonyl (C=O) groups excluding carboxylic acids is 1. The maximum Gasteiger partial charge on any atom is 0.326 e. The van der Waals surface area contributed by atoms with Gasteiger partial charge in [-0.2, -0.15) is 0 Å². The molecule has 10 heteroatoms. The average Bonchev–Trinajstić information content (AvgIpc) is 2.96. The molecule has 1 aromatic heterocycles. The molecule has 0 saturated carbocycles. The van der Waals surface area contributed by atoms with Crippen molar-refractivity contribution < 1.29 is 28.9 Å². The van der Waals surface area contributed by atoms with Crippen molar-refractivity contribution >= 4 is 17.7 Å². The topological polar surface area (TPSA) is 122 Å². The monoisotopic (exact) mass is 570 g/mol.